The Labute approximate surface area is 471 Å². The van der Waals surface area contributed by atoms with Crippen LogP contribution in [0, 0.1) is 0 Å². The molecule has 2 heterocycles. The van der Waals surface area contributed by atoms with Gasteiger partial charge in [-0.2, -0.15) is 0 Å². The van der Waals surface area contributed by atoms with E-state index in [9.17, 15) is 10.0 Å². The van der Waals surface area contributed by atoms with Crippen LogP contribution in [0.2, 0.25) is 0 Å². The monoisotopic (exact) mass is 1080 g/mol. The molecule has 0 saturated carbocycles. The van der Waals surface area contributed by atoms with E-state index in [-0.39, 0.29) is 5.41 Å². The molecular weight excluding hydrogens is 1040 g/mol. The van der Waals surface area contributed by atoms with E-state index >= 15 is 0 Å². The maximum absolute atomic E-state index is 9.75. The molecule has 80 heavy (non-hydrogen) atoms. The number of hydrogen-bond donors (Lipinski definition) is 2. The van der Waals surface area contributed by atoms with Gasteiger partial charge in [0.15, 0.2) is 0 Å². The summed E-state index contributed by atoms with van der Waals surface area (Å²) in [6.07, 6.45) is 0. The minimum absolute atomic E-state index is 0.339. The van der Waals surface area contributed by atoms with Crippen LogP contribution in [0.25, 0.3) is 99.5 Å². The molecule has 2 aromatic heterocycles. The number of aromatic nitrogens is 2. The number of benzene rings is 12. The number of para-hydroxylation sites is 2. The Morgan fingerprint density at radius 3 is 0.975 bits per heavy atom. The van der Waals surface area contributed by atoms with E-state index < -0.39 is 12.5 Å². The predicted octanol–water partition coefficient (Wildman–Crippen LogP) is 16.7. The van der Waals surface area contributed by atoms with Crippen molar-refractivity contribution in [3.05, 3.63) is 316 Å². The van der Waals surface area contributed by atoms with E-state index in [1.165, 1.54) is 133 Å². The Morgan fingerprint density at radius 1 is 0.287 bits per heavy atom. The summed E-state index contributed by atoms with van der Waals surface area (Å²) in [5.41, 5.74) is 27.9. The van der Waals surface area contributed by atoms with E-state index in [1.807, 2.05) is 12.1 Å². The molecule has 18 rings (SSSR count). The van der Waals surface area contributed by atoms with Gasteiger partial charge in [0, 0.05) is 48.5 Å². The first-order valence-electron chi connectivity index (χ1n) is 27.4. The highest BCUT2D eigenvalue weighted by Gasteiger charge is 2.54. The van der Waals surface area contributed by atoms with Crippen molar-refractivity contribution in [2.24, 2.45) is 0 Å². The van der Waals surface area contributed by atoms with Crippen molar-refractivity contribution in [1.29, 1.82) is 0 Å². The van der Waals surface area contributed by atoms with Crippen molar-refractivity contribution in [3.63, 3.8) is 0 Å². The Morgan fingerprint density at radius 2 is 0.600 bits per heavy atom. The van der Waals surface area contributed by atoms with Crippen molar-refractivity contribution >= 4 is 72.1 Å². The third kappa shape index (κ3) is 5.82. The lowest BCUT2D eigenvalue weighted by molar-refractivity contribution is 0.426. The summed E-state index contributed by atoms with van der Waals surface area (Å²) in [6.45, 7) is 0. The molecule has 0 aliphatic heterocycles. The Hall–Kier alpha value is -9.30. The summed E-state index contributed by atoms with van der Waals surface area (Å²) in [5.74, 6) is 0. The fourth-order valence-electron chi connectivity index (χ4n) is 15.2. The first-order chi connectivity index (χ1) is 39.5. The van der Waals surface area contributed by atoms with Crippen LogP contribution in [0.15, 0.2) is 271 Å². The van der Waals surface area contributed by atoms with Crippen LogP contribution in [0.3, 0.4) is 0 Å². The van der Waals surface area contributed by atoms with Gasteiger partial charge in [0.05, 0.1) is 32.9 Å². The van der Waals surface area contributed by atoms with Crippen molar-refractivity contribution < 1.29 is 10.0 Å². The molecule has 0 bridgehead atoms. The number of nitrogens with zero attached hydrogens (tertiary/aromatic N) is 2. The summed E-state index contributed by atoms with van der Waals surface area (Å²) in [7, 11) is -1.50. The number of halogens is 1. The molecule has 4 nitrogen and oxygen atoms in total. The number of rotatable bonds is 3. The molecule has 6 heteroatoms. The van der Waals surface area contributed by atoms with Crippen molar-refractivity contribution in [2.45, 2.75) is 10.8 Å². The summed E-state index contributed by atoms with van der Waals surface area (Å²) in [5, 5.41) is 24.5. The second-order valence-electron chi connectivity index (χ2n) is 21.7. The van der Waals surface area contributed by atoms with Crippen LogP contribution < -0.4 is 5.46 Å². The quantitative estimate of drug-likeness (QED) is 0.173. The molecule has 4 aliphatic rings. The molecule has 12 aromatic carbocycles. The first kappa shape index (κ1) is 45.7. The number of hydrogen-bond acceptors (Lipinski definition) is 2. The lowest BCUT2D eigenvalue weighted by Crippen LogP contribution is -2.29. The standard InChI is InChI=1S/C37H24BNO2.C37H22BrN/c40-38(41)23-17-19-24(20-18-23)39-34-16-8-4-11-27(34)28-21-22-33-35(36(28)39)29-12-3-7-15-32(29)37(33)30-13-5-1-9-25(30)26-10-2-6-14-31(26)37;38-23-17-19-24(20-18-23)39-34-16-8-4-11-27(34)28-21-22-33-35(36(28)39)29-12-3-7-15-32(29)37(33)30-13-5-1-9-25(30)26-10-2-6-14-31(26)37/h1-22,40-41H;1-22H. The Bertz CT molecular complexity index is 4860. The highest BCUT2D eigenvalue weighted by molar-refractivity contribution is 9.10. The van der Waals surface area contributed by atoms with E-state index in [4.69, 9.17) is 0 Å². The SMILES string of the molecule is Brc1ccc(-n2c3ccccc3c3ccc4c(c32)-c2ccccc2C42c3ccccc3-c3ccccc32)cc1.OB(O)c1ccc(-n2c3ccccc3c3ccc4c(c32)-c2ccccc2C42c3ccccc3-c3ccccc32)cc1. The van der Waals surface area contributed by atoms with Gasteiger partial charge in [-0.3, -0.25) is 0 Å². The molecule has 2 N–H and O–H groups in total. The van der Waals surface area contributed by atoms with Crippen molar-refractivity contribution in [1.82, 2.24) is 9.13 Å². The third-order valence-electron chi connectivity index (χ3n) is 18.1. The third-order valence-corrected chi connectivity index (χ3v) is 18.6. The van der Waals surface area contributed by atoms with Gasteiger partial charge < -0.3 is 19.2 Å². The molecule has 2 spiro atoms. The van der Waals surface area contributed by atoms with Crippen molar-refractivity contribution in [2.75, 3.05) is 0 Å². The van der Waals surface area contributed by atoms with Crippen LogP contribution in [-0.2, 0) is 10.8 Å². The number of fused-ring (bicyclic) bond motifs is 28. The lowest BCUT2D eigenvalue weighted by atomic mass is 9.70. The van der Waals surface area contributed by atoms with Crippen LogP contribution >= 0.6 is 15.9 Å². The molecule has 0 saturated heterocycles. The molecule has 4 aliphatic carbocycles. The minimum Gasteiger partial charge on any atom is -0.423 e. The molecule has 14 aromatic rings. The average Bonchev–Trinajstić information content (AvgIpc) is 4.49. The van der Waals surface area contributed by atoms with Crippen molar-refractivity contribution in [3.8, 4) is 55.9 Å². The van der Waals surface area contributed by atoms with Gasteiger partial charge >= 0.3 is 7.12 Å². The maximum Gasteiger partial charge on any atom is 0.488 e. The first-order valence-corrected chi connectivity index (χ1v) is 28.2. The van der Waals surface area contributed by atoms with Gasteiger partial charge in [0.25, 0.3) is 0 Å². The van der Waals surface area contributed by atoms with Gasteiger partial charge in [-0.15, -0.1) is 0 Å². The zero-order valence-electron chi connectivity index (χ0n) is 43.1. The van der Waals surface area contributed by atoms with Gasteiger partial charge in [0.1, 0.15) is 0 Å². The molecular formula is C74H46BBrN2O2. The topological polar surface area (TPSA) is 50.3 Å². The second kappa shape index (κ2) is 16.9. The highest BCUT2D eigenvalue weighted by Crippen LogP contribution is 2.66. The largest absolute Gasteiger partial charge is 0.488 e. The molecule has 374 valence electrons. The molecule has 0 atom stereocenters. The summed E-state index contributed by atoms with van der Waals surface area (Å²) in [6, 6.07) is 96.8. The maximum atomic E-state index is 9.75. The van der Waals surface area contributed by atoms with Crippen LogP contribution in [-0.4, -0.2) is 26.3 Å². The smallest absolute Gasteiger partial charge is 0.423 e. The molecule has 0 amide bonds. The van der Waals surface area contributed by atoms with E-state index in [1.54, 1.807) is 12.1 Å². The average molecular weight is 1090 g/mol. The Kier molecular flexibility index (Phi) is 9.63. The Balaban J connectivity index is 0.000000128. The van der Waals surface area contributed by atoms with E-state index in [0.717, 1.165) is 15.7 Å². The summed E-state index contributed by atoms with van der Waals surface area (Å²) >= 11 is 3.64. The minimum atomic E-state index is -1.50. The molecule has 0 unspecified atom stereocenters. The van der Waals surface area contributed by atoms with Gasteiger partial charge in [-0.05, 0) is 132 Å². The van der Waals surface area contributed by atoms with E-state index in [0.29, 0.717) is 5.46 Å². The van der Waals surface area contributed by atoms with Gasteiger partial charge in [-0.1, -0.05) is 234 Å². The molecule has 0 radical (unpaired) electrons. The fourth-order valence-corrected chi connectivity index (χ4v) is 15.4. The summed E-state index contributed by atoms with van der Waals surface area (Å²) in [4.78, 5) is 0. The second-order valence-corrected chi connectivity index (χ2v) is 22.6. The van der Waals surface area contributed by atoms with E-state index in [2.05, 4.69) is 268 Å². The molecule has 0 fully saturated rings. The van der Waals surface area contributed by atoms with Crippen LogP contribution in [0.5, 0.6) is 0 Å². The highest BCUT2D eigenvalue weighted by atomic mass is 79.9. The zero-order valence-corrected chi connectivity index (χ0v) is 44.7. The van der Waals surface area contributed by atoms with Crippen LogP contribution in [0.1, 0.15) is 44.5 Å². The van der Waals surface area contributed by atoms with Gasteiger partial charge in [0.2, 0.25) is 0 Å². The fraction of sp³-hybridized carbons (Fsp3) is 0.0270. The van der Waals surface area contributed by atoms with Gasteiger partial charge in [-0.25, -0.2) is 0 Å². The zero-order chi connectivity index (χ0) is 53.0. The lowest BCUT2D eigenvalue weighted by Gasteiger charge is -2.30. The van der Waals surface area contributed by atoms with Crippen LogP contribution in [0.4, 0.5) is 0 Å². The summed E-state index contributed by atoms with van der Waals surface area (Å²) < 4.78 is 5.90. The predicted molar refractivity (Wildman–Crippen MR) is 332 cm³/mol. The normalized spacial score (nSPS) is 13.9.